The van der Waals surface area contributed by atoms with Gasteiger partial charge in [0, 0.05) is 0 Å². The number of pyridine rings is 1. The summed E-state index contributed by atoms with van der Waals surface area (Å²) in [5.41, 5.74) is 6.30. The van der Waals surface area contributed by atoms with Gasteiger partial charge in [-0.05, 0) is 23.6 Å². The lowest BCUT2D eigenvalue weighted by molar-refractivity contribution is -0.345. The molecule has 92 valence electrons. The number of nitrogens with zero attached hydrogens (tertiary/aromatic N) is 1. The Hall–Kier alpha value is -1.43. The summed E-state index contributed by atoms with van der Waals surface area (Å²) < 4.78 is 0. The number of hydrogen-bond acceptors (Lipinski definition) is 3. The molecule has 0 bridgehead atoms. The van der Waals surface area contributed by atoms with Gasteiger partial charge in [0.2, 0.25) is 0 Å². The summed E-state index contributed by atoms with van der Waals surface area (Å²) in [5, 5.41) is 2.24. The maximum absolute atomic E-state index is 11.8. The van der Waals surface area contributed by atoms with E-state index in [2.05, 4.69) is 9.98 Å². The molecule has 0 radical (unpaired) electrons. The first kappa shape index (κ1) is 13.0. The van der Waals surface area contributed by atoms with Crippen molar-refractivity contribution in [1.82, 2.24) is 4.98 Å². The number of aromatic nitrogens is 1. The third-order valence-corrected chi connectivity index (χ3v) is 3.32. The van der Waals surface area contributed by atoms with Crippen molar-refractivity contribution in [3.8, 4) is 0 Å². The number of nitrogens with two attached hydrogens (primary N) is 1. The Labute approximate surface area is 117 Å². The average molecular weight is 301 g/mol. The van der Waals surface area contributed by atoms with E-state index in [0.717, 1.165) is 0 Å². The van der Waals surface area contributed by atoms with E-state index in [1.807, 2.05) is 5.38 Å². The minimum Gasteiger partial charge on any atom is -0.286 e. The van der Waals surface area contributed by atoms with Crippen molar-refractivity contribution in [1.29, 1.82) is 0 Å². The van der Waals surface area contributed by atoms with Crippen LogP contribution < -0.4 is 10.7 Å². The second-order valence-electron chi connectivity index (χ2n) is 3.35. The van der Waals surface area contributed by atoms with Crippen molar-refractivity contribution < 1.29 is 9.79 Å². The Kier molecular flexibility index (Phi) is 3.96. The van der Waals surface area contributed by atoms with Crippen LogP contribution >= 0.6 is 34.5 Å². The van der Waals surface area contributed by atoms with Crippen LogP contribution in [-0.2, 0) is 0 Å². The Morgan fingerprint density at radius 2 is 2.00 bits per heavy atom. The monoisotopic (exact) mass is 300 g/mol. The van der Waals surface area contributed by atoms with Gasteiger partial charge in [0.25, 0.3) is 5.84 Å². The fourth-order valence-electron chi connectivity index (χ4n) is 1.28. The molecule has 2 rings (SSSR count). The molecule has 2 aromatic heterocycles. The molecule has 2 heterocycles. The molecule has 0 saturated carbocycles. The Morgan fingerprint density at radius 1 is 1.33 bits per heavy atom. The average Bonchev–Trinajstić information content (AvgIpc) is 2.80. The molecule has 0 saturated heterocycles. The first-order valence-corrected chi connectivity index (χ1v) is 6.50. The molecule has 1 amide bonds. The maximum atomic E-state index is 11.8. The zero-order valence-corrected chi connectivity index (χ0v) is 11.3. The molecule has 18 heavy (non-hydrogen) atoms. The van der Waals surface area contributed by atoms with Gasteiger partial charge in [-0.1, -0.05) is 29.3 Å². The second kappa shape index (κ2) is 5.48. The number of thiophene rings is 1. The van der Waals surface area contributed by atoms with Crippen molar-refractivity contribution >= 4 is 46.3 Å². The zero-order chi connectivity index (χ0) is 13.1. The molecule has 2 aromatic rings. The van der Waals surface area contributed by atoms with E-state index in [0.29, 0.717) is 10.4 Å². The number of carbonyl (C=O) groups is 1. The van der Waals surface area contributed by atoms with Crippen molar-refractivity contribution in [3.05, 3.63) is 50.4 Å². The molecule has 0 unspecified atom stereocenters. The summed E-state index contributed by atoms with van der Waals surface area (Å²) in [6, 6.07) is 6.55. The number of amides is 1. The van der Waals surface area contributed by atoms with Crippen molar-refractivity contribution in [3.63, 3.8) is 0 Å². The topological polar surface area (TPSA) is 70.0 Å². The SMILES string of the molecule is NC(=[NH+]C(=O)c1cccs1)c1cc(Cl)nc(Cl)c1. The molecule has 4 nitrogen and oxygen atoms in total. The van der Waals surface area contributed by atoms with Gasteiger partial charge in [0.05, 0.1) is 5.56 Å². The summed E-state index contributed by atoms with van der Waals surface area (Å²) in [7, 11) is 0. The Morgan fingerprint density at radius 3 is 2.56 bits per heavy atom. The van der Waals surface area contributed by atoms with Crippen LogP contribution in [0.1, 0.15) is 15.2 Å². The molecule has 3 N–H and O–H groups in total. The van der Waals surface area contributed by atoms with Crippen LogP contribution in [0.4, 0.5) is 0 Å². The van der Waals surface area contributed by atoms with Gasteiger partial charge in [-0.15, -0.1) is 11.3 Å². The molecule has 7 heteroatoms. The lowest BCUT2D eigenvalue weighted by atomic mass is 10.2. The first-order chi connectivity index (χ1) is 8.56. The summed E-state index contributed by atoms with van der Waals surface area (Å²) in [6.07, 6.45) is 0. The predicted octanol–water partition coefficient (Wildman–Crippen LogP) is 1.08. The van der Waals surface area contributed by atoms with Crippen molar-refractivity contribution in [2.75, 3.05) is 0 Å². The van der Waals surface area contributed by atoms with E-state index >= 15 is 0 Å². The molecule has 0 aliphatic carbocycles. The number of carbonyl (C=O) groups excluding carboxylic acids is 1. The highest BCUT2D eigenvalue weighted by atomic mass is 35.5. The van der Waals surface area contributed by atoms with Crippen LogP contribution in [0.3, 0.4) is 0 Å². The largest absolute Gasteiger partial charge is 0.349 e. The van der Waals surface area contributed by atoms with Crippen LogP contribution in [-0.4, -0.2) is 16.7 Å². The summed E-state index contributed by atoms with van der Waals surface area (Å²) in [4.78, 5) is 18.7. The highest BCUT2D eigenvalue weighted by Gasteiger charge is 2.13. The quantitative estimate of drug-likeness (QED) is 0.495. The highest BCUT2D eigenvalue weighted by Crippen LogP contribution is 2.13. The van der Waals surface area contributed by atoms with Gasteiger partial charge >= 0.3 is 5.91 Å². The molecular formula is C11H8Cl2N3OS+. The summed E-state index contributed by atoms with van der Waals surface area (Å²) in [6.45, 7) is 0. The molecular weight excluding hydrogens is 293 g/mol. The maximum Gasteiger partial charge on any atom is 0.349 e. The minimum atomic E-state index is -0.272. The molecule has 0 aromatic carbocycles. The Balaban J connectivity index is 2.30. The number of halogens is 2. The third kappa shape index (κ3) is 3.07. The van der Waals surface area contributed by atoms with Crippen molar-refractivity contribution in [2.45, 2.75) is 0 Å². The molecule has 0 fully saturated rings. The number of nitrogens with one attached hydrogen (secondary N) is 1. The van der Waals surface area contributed by atoms with Crippen LogP contribution in [0.15, 0.2) is 29.6 Å². The molecule has 0 aliphatic heterocycles. The van der Waals surface area contributed by atoms with Gasteiger partial charge in [0.15, 0.2) is 0 Å². The fourth-order valence-corrected chi connectivity index (χ4v) is 2.36. The van der Waals surface area contributed by atoms with E-state index in [9.17, 15) is 4.79 Å². The van der Waals surface area contributed by atoms with Gasteiger partial charge in [-0.3, -0.25) is 5.73 Å². The first-order valence-electron chi connectivity index (χ1n) is 4.87. The van der Waals surface area contributed by atoms with E-state index in [-0.39, 0.29) is 22.0 Å². The highest BCUT2D eigenvalue weighted by molar-refractivity contribution is 7.11. The van der Waals surface area contributed by atoms with Gasteiger partial charge in [-0.2, -0.15) is 0 Å². The van der Waals surface area contributed by atoms with E-state index in [1.54, 1.807) is 12.1 Å². The molecule has 0 aliphatic rings. The number of hydrogen-bond donors (Lipinski definition) is 2. The normalized spacial score (nSPS) is 11.6. The lowest BCUT2D eigenvalue weighted by Crippen LogP contribution is -2.79. The second-order valence-corrected chi connectivity index (χ2v) is 5.07. The van der Waals surface area contributed by atoms with Crippen molar-refractivity contribution in [2.24, 2.45) is 5.73 Å². The predicted molar refractivity (Wildman–Crippen MR) is 72.2 cm³/mol. The van der Waals surface area contributed by atoms with E-state index in [4.69, 9.17) is 28.9 Å². The summed E-state index contributed by atoms with van der Waals surface area (Å²) in [5.74, 6) is -0.0915. The van der Waals surface area contributed by atoms with Gasteiger partial charge in [-0.25, -0.2) is 14.8 Å². The number of amidine groups is 1. The van der Waals surface area contributed by atoms with Crippen LogP contribution in [0.5, 0.6) is 0 Å². The zero-order valence-electron chi connectivity index (χ0n) is 8.98. The smallest absolute Gasteiger partial charge is 0.286 e. The van der Waals surface area contributed by atoms with Gasteiger partial charge in [0.1, 0.15) is 15.2 Å². The van der Waals surface area contributed by atoms with E-state index < -0.39 is 0 Å². The van der Waals surface area contributed by atoms with Crippen LogP contribution in [0, 0.1) is 0 Å². The van der Waals surface area contributed by atoms with Crippen LogP contribution in [0.25, 0.3) is 0 Å². The lowest BCUT2D eigenvalue weighted by Gasteiger charge is -1.97. The standard InChI is InChI=1S/C11H7Cl2N3OS/c12-8-4-6(5-9(13)15-8)10(14)16-11(17)7-2-1-3-18-7/h1-5H,(H2,14,16,17)/p+1. The number of rotatable bonds is 2. The Bertz CT molecular complexity index is 591. The van der Waals surface area contributed by atoms with E-state index in [1.165, 1.54) is 23.5 Å². The summed E-state index contributed by atoms with van der Waals surface area (Å²) >= 11 is 12.8. The third-order valence-electron chi connectivity index (χ3n) is 2.07. The number of nitrogen functional groups attached to an aromatic ring is 1. The molecule has 0 atom stereocenters. The van der Waals surface area contributed by atoms with Gasteiger partial charge < -0.3 is 0 Å². The molecule has 0 spiro atoms. The fraction of sp³-hybridized carbons (Fsp3) is 0. The minimum absolute atomic E-state index is 0.180. The van der Waals surface area contributed by atoms with Crippen LogP contribution in [0.2, 0.25) is 10.3 Å².